The molecule has 1 N–H and O–H groups in total. The topological polar surface area (TPSA) is 58.6 Å². The molecule has 0 unspecified atom stereocenters. The lowest BCUT2D eigenvalue weighted by molar-refractivity contribution is -0.117. The predicted octanol–water partition coefficient (Wildman–Crippen LogP) is 3.31. The third kappa shape index (κ3) is 3.65. The normalized spacial score (nSPS) is 15.1. The molecule has 1 aliphatic heterocycles. The fraction of sp³-hybridized carbons (Fsp3) is 0.300. The highest BCUT2D eigenvalue weighted by atomic mass is 16.5. The smallest absolute Gasteiger partial charge is 0.251 e. The minimum atomic E-state index is -0.177. The van der Waals surface area contributed by atoms with E-state index in [0.29, 0.717) is 12.0 Å². The Morgan fingerprint density at radius 3 is 2.52 bits per heavy atom. The van der Waals surface area contributed by atoms with E-state index in [1.165, 1.54) is 0 Å². The average Bonchev–Trinajstić information content (AvgIpc) is 3.07. The lowest BCUT2D eigenvalue weighted by atomic mass is 10.1. The van der Waals surface area contributed by atoms with Crippen molar-refractivity contribution in [2.75, 3.05) is 18.6 Å². The van der Waals surface area contributed by atoms with Gasteiger partial charge in [0.05, 0.1) is 13.2 Å². The second-order valence-corrected chi connectivity index (χ2v) is 6.13. The standard InChI is InChI=1S/C20H22N2O3/c1-14(17-6-3-4-7-18(17)25-2)21-20(24)15-9-11-16(12-10-15)22-13-5-8-19(22)23/h3-4,6-7,9-12,14H,5,8,13H2,1-2H3,(H,21,24)/t14-/m0/s1. The number of anilines is 1. The second-order valence-electron chi connectivity index (χ2n) is 6.13. The first kappa shape index (κ1) is 17.0. The van der Waals surface area contributed by atoms with Gasteiger partial charge < -0.3 is 15.0 Å². The van der Waals surface area contributed by atoms with Gasteiger partial charge in [0.25, 0.3) is 5.91 Å². The number of nitrogens with zero attached hydrogens (tertiary/aromatic N) is 1. The van der Waals surface area contributed by atoms with Gasteiger partial charge >= 0.3 is 0 Å². The number of carbonyl (C=O) groups is 2. The third-order valence-corrected chi connectivity index (χ3v) is 4.47. The van der Waals surface area contributed by atoms with Crippen LogP contribution in [0.2, 0.25) is 0 Å². The Labute approximate surface area is 147 Å². The van der Waals surface area contributed by atoms with Crippen LogP contribution < -0.4 is 15.0 Å². The molecule has 5 heteroatoms. The van der Waals surface area contributed by atoms with Crippen molar-refractivity contribution in [3.8, 4) is 5.75 Å². The summed E-state index contributed by atoms with van der Waals surface area (Å²) in [6.45, 7) is 2.67. The van der Waals surface area contributed by atoms with Crippen LogP contribution in [0, 0.1) is 0 Å². The summed E-state index contributed by atoms with van der Waals surface area (Å²) in [5.41, 5.74) is 2.34. The number of rotatable bonds is 5. The second kappa shape index (κ2) is 7.38. The van der Waals surface area contributed by atoms with E-state index in [4.69, 9.17) is 4.74 Å². The van der Waals surface area contributed by atoms with Gasteiger partial charge in [-0.15, -0.1) is 0 Å². The van der Waals surface area contributed by atoms with Crippen molar-refractivity contribution in [1.82, 2.24) is 5.32 Å². The van der Waals surface area contributed by atoms with E-state index in [-0.39, 0.29) is 17.9 Å². The van der Waals surface area contributed by atoms with E-state index in [2.05, 4.69) is 5.32 Å². The average molecular weight is 338 g/mol. The minimum absolute atomic E-state index is 0.141. The summed E-state index contributed by atoms with van der Waals surface area (Å²) < 4.78 is 5.35. The minimum Gasteiger partial charge on any atom is -0.496 e. The number of para-hydroxylation sites is 1. The van der Waals surface area contributed by atoms with Gasteiger partial charge in [0.15, 0.2) is 0 Å². The molecule has 1 saturated heterocycles. The molecular weight excluding hydrogens is 316 g/mol. The summed E-state index contributed by atoms with van der Waals surface area (Å²) in [5.74, 6) is 0.734. The van der Waals surface area contributed by atoms with E-state index in [1.54, 1.807) is 24.1 Å². The molecule has 0 saturated carbocycles. The molecule has 1 aliphatic rings. The number of benzene rings is 2. The summed E-state index contributed by atoms with van der Waals surface area (Å²) in [4.78, 5) is 26.0. The Bertz CT molecular complexity index is 771. The van der Waals surface area contributed by atoms with Gasteiger partial charge in [-0.25, -0.2) is 0 Å². The van der Waals surface area contributed by atoms with E-state index in [0.717, 1.165) is 30.0 Å². The molecule has 5 nitrogen and oxygen atoms in total. The van der Waals surface area contributed by atoms with Crippen molar-refractivity contribution in [1.29, 1.82) is 0 Å². The number of methoxy groups -OCH3 is 1. The predicted molar refractivity (Wildman–Crippen MR) is 96.9 cm³/mol. The molecule has 2 aromatic carbocycles. The molecular formula is C20H22N2O3. The van der Waals surface area contributed by atoms with Crippen molar-refractivity contribution in [3.05, 3.63) is 59.7 Å². The van der Waals surface area contributed by atoms with E-state index in [1.807, 2.05) is 43.3 Å². The fourth-order valence-corrected chi connectivity index (χ4v) is 3.10. The van der Waals surface area contributed by atoms with Crippen LogP contribution in [0.25, 0.3) is 0 Å². The number of hydrogen-bond donors (Lipinski definition) is 1. The number of amides is 2. The largest absolute Gasteiger partial charge is 0.496 e. The van der Waals surface area contributed by atoms with Crippen LogP contribution in [0.15, 0.2) is 48.5 Å². The van der Waals surface area contributed by atoms with Gasteiger partial charge in [0.1, 0.15) is 5.75 Å². The van der Waals surface area contributed by atoms with Crippen LogP contribution in [0.1, 0.15) is 41.7 Å². The SMILES string of the molecule is COc1ccccc1[C@H](C)NC(=O)c1ccc(N2CCCC2=O)cc1. The maximum Gasteiger partial charge on any atom is 0.251 e. The van der Waals surface area contributed by atoms with Crippen molar-refractivity contribution in [2.24, 2.45) is 0 Å². The summed E-state index contributed by atoms with van der Waals surface area (Å²) >= 11 is 0. The Morgan fingerprint density at radius 2 is 1.88 bits per heavy atom. The van der Waals surface area contributed by atoms with Gasteiger partial charge in [0.2, 0.25) is 5.91 Å². The zero-order valence-corrected chi connectivity index (χ0v) is 14.5. The first-order chi connectivity index (χ1) is 12.1. The summed E-state index contributed by atoms with van der Waals surface area (Å²) in [6.07, 6.45) is 1.48. The molecule has 0 bridgehead atoms. The number of nitrogens with one attached hydrogen (secondary N) is 1. The lowest BCUT2D eigenvalue weighted by Gasteiger charge is -2.18. The molecule has 2 aromatic rings. The van der Waals surface area contributed by atoms with Crippen LogP contribution in [0.4, 0.5) is 5.69 Å². The van der Waals surface area contributed by atoms with E-state index in [9.17, 15) is 9.59 Å². The maximum atomic E-state index is 12.5. The van der Waals surface area contributed by atoms with Crippen LogP contribution in [0.5, 0.6) is 5.75 Å². The van der Waals surface area contributed by atoms with Gasteiger partial charge in [-0.05, 0) is 43.7 Å². The van der Waals surface area contributed by atoms with E-state index >= 15 is 0 Å². The Balaban J connectivity index is 1.69. The summed E-state index contributed by atoms with van der Waals surface area (Å²) in [5, 5.41) is 2.99. The Kier molecular flexibility index (Phi) is 5.03. The van der Waals surface area contributed by atoms with Crippen LogP contribution >= 0.6 is 0 Å². The van der Waals surface area contributed by atoms with Gasteiger partial charge in [-0.1, -0.05) is 18.2 Å². The summed E-state index contributed by atoms with van der Waals surface area (Å²) in [6, 6.07) is 14.6. The third-order valence-electron chi connectivity index (χ3n) is 4.47. The first-order valence-corrected chi connectivity index (χ1v) is 8.44. The quantitative estimate of drug-likeness (QED) is 0.910. The highest BCUT2D eigenvalue weighted by Crippen LogP contribution is 2.25. The molecule has 1 heterocycles. The first-order valence-electron chi connectivity index (χ1n) is 8.44. The highest BCUT2D eigenvalue weighted by molar-refractivity contribution is 5.97. The lowest BCUT2D eigenvalue weighted by Crippen LogP contribution is -2.27. The molecule has 0 aromatic heterocycles. The van der Waals surface area contributed by atoms with Crippen LogP contribution in [-0.2, 0) is 4.79 Å². The zero-order chi connectivity index (χ0) is 17.8. The van der Waals surface area contributed by atoms with Crippen molar-refractivity contribution < 1.29 is 14.3 Å². The van der Waals surface area contributed by atoms with Crippen molar-refractivity contribution in [3.63, 3.8) is 0 Å². The molecule has 0 aliphatic carbocycles. The molecule has 25 heavy (non-hydrogen) atoms. The Morgan fingerprint density at radius 1 is 1.16 bits per heavy atom. The molecule has 0 spiro atoms. The Hall–Kier alpha value is -2.82. The maximum absolute atomic E-state index is 12.5. The highest BCUT2D eigenvalue weighted by Gasteiger charge is 2.22. The molecule has 130 valence electrons. The monoisotopic (exact) mass is 338 g/mol. The van der Waals surface area contributed by atoms with E-state index < -0.39 is 0 Å². The molecule has 2 amide bonds. The van der Waals surface area contributed by atoms with Gasteiger partial charge in [0, 0.05) is 29.8 Å². The molecule has 1 atom stereocenters. The molecule has 0 radical (unpaired) electrons. The number of hydrogen-bond acceptors (Lipinski definition) is 3. The van der Waals surface area contributed by atoms with Crippen LogP contribution in [-0.4, -0.2) is 25.5 Å². The number of carbonyl (C=O) groups excluding carboxylic acids is 2. The zero-order valence-electron chi connectivity index (χ0n) is 14.5. The van der Waals surface area contributed by atoms with Crippen LogP contribution in [0.3, 0.4) is 0 Å². The van der Waals surface area contributed by atoms with Crippen molar-refractivity contribution in [2.45, 2.75) is 25.8 Å². The molecule has 3 rings (SSSR count). The number of ether oxygens (including phenoxy) is 1. The van der Waals surface area contributed by atoms with Gasteiger partial charge in [-0.2, -0.15) is 0 Å². The van der Waals surface area contributed by atoms with Crippen molar-refractivity contribution >= 4 is 17.5 Å². The summed E-state index contributed by atoms with van der Waals surface area (Å²) in [7, 11) is 1.62. The van der Waals surface area contributed by atoms with Gasteiger partial charge in [-0.3, -0.25) is 9.59 Å². The molecule has 1 fully saturated rings. The fourth-order valence-electron chi connectivity index (χ4n) is 3.10.